The van der Waals surface area contributed by atoms with Gasteiger partial charge in [-0.2, -0.15) is 13.2 Å². The maximum atomic E-state index is 12.9. The summed E-state index contributed by atoms with van der Waals surface area (Å²) >= 11 is 0. The second-order valence-corrected chi connectivity index (χ2v) is 7.17. The number of piperidine rings is 3. The van der Waals surface area contributed by atoms with Crippen LogP contribution in [0, 0.1) is 5.92 Å². The molecule has 2 aromatic rings. The van der Waals surface area contributed by atoms with Gasteiger partial charge in [0.1, 0.15) is 5.82 Å². The fourth-order valence-corrected chi connectivity index (χ4v) is 4.13. The van der Waals surface area contributed by atoms with Crippen LogP contribution in [-0.2, 0) is 6.18 Å². The van der Waals surface area contributed by atoms with Crippen LogP contribution in [0.1, 0.15) is 25.3 Å². The SMILES string of the molecule is C[C@@H]1[C@@H](Nc2ccc(-c3cccc(C(F)(F)F)c3)nn2)C2CCN1CC2. The minimum atomic E-state index is -4.36. The van der Waals surface area contributed by atoms with Gasteiger partial charge < -0.3 is 5.32 Å². The first-order chi connectivity index (χ1) is 12.4. The van der Waals surface area contributed by atoms with Crippen molar-refractivity contribution in [2.45, 2.75) is 38.0 Å². The van der Waals surface area contributed by atoms with E-state index in [2.05, 4.69) is 27.3 Å². The van der Waals surface area contributed by atoms with Crippen LogP contribution in [0.15, 0.2) is 36.4 Å². The number of benzene rings is 1. The van der Waals surface area contributed by atoms with Crippen molar-refractivity contribution in [3.05, 3.63) is 42.0 Å². The Bertz CT molecular complexity index is 765. The Hall–Kier alpha value is -2.15. The van der Waals surface area contributed by atoms with Crippen molar-refractivity contribution in [2.75, 3.05) is 18.4 Å². The molecule has 1 aromatic carbocycles. The van der Waals surface area contributed by atoms with E-state index in [1.54, 1.807) is 18.2 Å². The third kappa shape index (κ3) is 3.28. The van der Waals surface area contributed by atoms with Gasteiger partial charge in [0, 0.05) is 17.6 Å². The molecule has 3 saturated heterocycles. The van der Waals surface area contributed by atoms with Crippen LogP contribution in [0.3, 0.4) is 0 Å². The number of hydrogen-bond acceptors (Lipinski definition) is 4. The monoisotopic (exact) mass is 362 g/mol. The number of aromatic nitrogens is 2. The van der Waals surface area contributed by atoms with Gasteiger partial charge in [-0.15, -0.1) is 10.2 Å². The van der Waals surface area contributed by atoms with Crippen molar-refractivity contribution in [1.82, 2.24) is 15.1 Å². The first-order valence-corrected chi connectivity index (χ1v) is 8.94. The van der Waals surface area contributed by atoms with Gasteiger partial charge in [-0.05, 0) is 63.0 Å². The highest BCUT2D eigenvalue weighted by Gasteiger charge is 2.39. The molecule has 0 amide bonds. The number of nitrogens with one attached hydrogen (secondary N) is 1. The van der Waals surface area contributed by atoms with Crippen molar-refractivity contribution in [2.24, 2.45) is 5.92 Å². The molecular formula is C19H21F3N4. The topological polar surface area (TPSA) is 41.1 Å². The molecule has 1 aromatic heterocycles. The van der Waals surface area contributed by atoms with Gasteiger partial charge in [0.2, 0.25) is 0 Å². The summed E-state index contributed by atoms with van der Waals surface area (Å²) in [7, 11) is 0. The van der Waals surface area contributed by atoms with E-state index >= 15 is 0 Å². The number of rotatable bonds is 3. The van der Waals surface area contributed by atoms with Gasteiger partial charge in [-0.3, -0.25) is 4.90 Å². The minimum Gasteiger partial charge on any atom is -0.364 e. The third-order valence-corrected chi connectivity index (χ3v) is 5.64. The normalized spacial score (nSPS) is 28.2. The molecule has 3 aliphatic heterocycles. The van der Waals surface area contributed by atoms with Gasteiger partial charge >= 0.3 is 6.18 Å². The van der Waals surface area contributed by atoms with Gasteiger partial charge in [0.25, 0.3) is 0 Å². The summed E-state index contributed by atoms with van der Waals surface area (Å²) < 4.78 is 38.6. The van der Waals surface area contributed by atoms with Crippen molar-refractivity contribution < 1.29 is 13.2 Å². The predicted octanol–water partition coefficient (Wildman–Crippen LogP) is 4.06. The molecule has 4 nitrogen and oxygen atoms in total. The predicted molar refractivity (Wildman–Crippen MR) is 93.6 cm³/mol. The lowest BCUT2D eigenvalue weighted by Gasteiger charge is -2.50. The molecule has 5 rings (SSSR count). The van der Waals surface area contributed by atoms with E-state index in [0.29, 0.717) is 35.1 Å². The fourth-order valence-electron chi connectivity index (χ4n) is 4.13. The Balaban J connectivity index is 1.51. The van der Waals surface area contributed by atoms with Crippen LogP contribution in [0.5, 0.6) is 0 Å². The van der Waals surface area contributed by atoms with Crippen LogP contribution in [0.2, 0.25) is 0 Å². The molecular weight excluding hydrogens is 341 g/mol. The summed E-state index contributed by atoms with van der Waals surface area (Å²) in [5, 5.41) is 11.8. The summed E-state index contributed by atoms with van der Waals surface area (Å²) in [5.74, 6) is 1.31. The second kappa shape index (κ2) is 6.54. The molecule has 7 heteroatoms. The largest absolute Gasteiger partial charge is 0.416 e. The van der Waals surface area contributed by atoms with E-state index in [0.717, 1.165) is 25.2 Å². The van der Waals surface area contributed by atoms with Crippen LogP contribution in [-0.4, -0.2) is 40.3 Å². The Morgan fingerprint density at radius 1 is 1.08 bits per heavy atom. The number of fused-ring (bicyclic) bond motifs is 3. The lowest BCUT2D eigenvalue weighted by Crippen LogP contribution is -2.59. The van der Waals surface area contributed by atoms with E-state index in [4.69, 9.17) is 0 Å². The number of halogens is 3. The smallest absolute Gasteiger partial charge is 0.364 e. The van der Waals surface area contributed by atoms with Crippen LogP contribution < -0.4 is 5.32 Å². The zero-order valence-corrected chi connectivity index (χ0v) is 14.5. The summed E-state index contributed by atoms with van der Waals surface area (Å²) in [6, 6.07) is 9.47. The van der Waals surface area contributed by atoms with Crippen molar-refractivity contribution in [3.63, 3.8) is 0 Å². The molecule has 2 atom stereocenters. The standard InChI is InChI=1S/C19H21F3N4/c1-12-18(13-7-9-26(12)10-8-13)23-17-6-5-16(24-25-17)14-3-2-4-15(11-14)19(20,21)22/h2-6,11-13,18H,7-10H2,1H3,(H,23,25)/t12-,18-/m1/s1. The summed E-state index contributed by atoms with van der Waals surface area (Å²) in [4.78, 5) is 2.49. The highest BCUT2D eigenvalue weighted by Crippen LogP contribution is 2.34. The third-order valence-electron chi connectivity index (χ3n) is 5.64. The molecule has 4 heterocycles. The highest BCUT2D eigenvalue weighted by atomic mass is 19.4. The maximum Gasteiger partial charge on any atom is 0.416 e. The molecule has 3 aliphatic rings. The number of nitrogens with zero attached hydrogens (tertiary/aromatic N) is 3. The van der Waals surface area contributed by atoms with Gasteiger partial charge in [0.15, 0.2) is 0 Å². The minimum absolute atomic E-state index is 0.339. The van der Waals surface area contributed by atoms with Crippen LogP contribution in [0.25, 0.3) is 11.3 Å². The summed E-state index contributed by atoms with van der Waals surface area (Å²) in [6.45, 7) is 4.54. The quantitative estimate of drug-likeness (QED) is 0.894. The number of hydrogen-bond donors (Lipinski definition) is 1. The zero-order valence-electron chi connectivity index (χ0n) is 14.5. The molecule has 0 radical (unpaired) electrons. The average Bonchev–Trinajstić information content (AvgIpc) is 2.65. The first-order valence-electron chi connectivity index (χ1n) is 8.94. The molecule has 0 aliphatic carbocycles. The summed E-state index contributed by atoms with van der Waals surface area (Å²) in [5.41, 5.74) is 0.166. The number of anilines is 1. The van der Waals surface area contributed by atoms with Gasteiger partial charge in [-0.25, -0.2) is 0 Å². The molecule has 2 bridgehead atoms. The lowest BCUT2D eigenvalue weighted by molar-refractivity contribution is -0.137. The average molecular weight is 362 g/mol. The van der Waals surface area contributed by atoms with E-state index in [1.807, 2.05) is 0 Å². The summed E-state index contributed by atoms with van der Waals surface area (Å²) in [6.07, 6.45) is -1.98. The Morgan fingerprint density at radius 3 is 2.46 bits per heavy atom. The maximum absolute atomic E-state index is 12.9. The number of alkyl halides is 3. The van der Waals surface area contributed by atoms with Gasteiger partial charge in [-0.1, -0.05) is 12.1 Å². The van der Waals surface area contributed by atoms with E-state index in [-0.39, 0.29) is 0 Å². The molecule has 138 valence electrons. The van der Waals surface area contributed by atoms with E-state index in [9.17, 15) is 13.2 Å². The zero-order chi connectivity index (χ0) is 18.3. The Kier molecular flexibility index (Phi) is 4.34. The molecule has 26 heavy (non-hydrogen) atoms. The Morgan fingerprint density at radius 2 is 1.85 bits per heavy atom. The highest BCUT2D eigenvalue weighted by molar-refractivity contribution is 5.60. The van der Waals surface area contributed by atoms with E-state index < -0.39 is 11.7 Å². The van der Waals surface area contributed by atoms with E-state index in [1.165, 1.54) is 18.9 Å². The lowest BCUT2D eigenvalue weighted by atomic mass is 9.79. The first kappa shape index (κ1) is 17.3. The van der Waals surface area contributed by atoms with Crippen LogP contribution in [0.4, 0.5) is 19.0 Å². The molecule has 0 saturated carbocycles. The van der Waals surface area contributed by atoms with Crippen LogP contribution >= 0.6 is 0 Å². The molecule has 0 unspecified atom stereocenters. The Labute approximate surface area is 150 Å². The van der Waals surface area contributed by atoms with Gasteiger partial charge in [0.05, 0.1) is 11.3 Å². The molecule has 1 N–H and O–H groups in total. The fraction of sp³-hybridized carbons (Fsp3) is 0.474. The van der Waals surface area contributed by atoms with Crippen molar-refractivity contribution in [3.8, 4) is 11.3 Å². The molecule has 0 spiro atoms. The molecule has 3 fully saturated rings. The van der Waals surface area contributed by atoms with Crippen molar-refractivity contribution >= 4 is 5.82 Å². The second-order valence-electron chi connectivity index (χ2n) is 7.17. The van der Waals surface area contributed by atoms with Crippen molar-refractivity contribution in [1.29, 1.82) is 0 Å².